The van der Waals surface area contributed by atoms with Crippen molar-refractivity contribution in [2.24, 2.45) is 0 Å². The largest absolute Gasteiger partial charge is 0.493 e. The molecule has 0 bridgehead atoms. The average Bonchev–Trinajstić information content (AvgIpc) is 2.58. The number of rotatable bonds is 8. The van der Waals surface area contributed by atoms with Gasteiger partial charge in [0.2, 0.25) is 0 Å². The summed E-state index contributed by atoms with van der Waals surface area (Å²) in [5.41, 5.74) is 1.31. The number of carboxylic acid groups (broad SMARTS) is 1. The number of aromatic carboxylic acids is 1. The zero-order valence-electron chi connectivity index (χ0n) is 14.1. The van der Waals surface area contributed by atoms with Crippen molar-refractivity contribution in [3.63, 3.8) is 0 Å². The van der Waals surface area contributed by atoms with Crippen LogP contribution in [-0.2, 0) is 0 Å². The van der Waals surface area contributed by atoms with E-state index in [1.54, 1.807) is 12.1 Å². The van der Waals surface area contributed by atoms with Crippen LogP contribution in [-0.4, -0.2) is 31.4 Å². The summed E-state index contributed by atoms with van der Waals surface area (Å²) in [6, 6.07) is 12.6. The number of hydrogen-bond donors (Lipinski definition) is 1. The molecule has 0 amide bonds. The summed E-state index contributed by atoms with van der Waals surface area (Å²) in [5, 5.41) is 9.22. The topological polar surface area (TPSA) is 65.0 Å². The number of carbonyl (C=O) groups is 1. The van der Waals surface area contributed by atoms with E-state index in [1.807, 2.05) is 24.3 Å². The molecule has 0 radical (unpaired) electrons. The Hall–Kier alpha value is -2.69. The Kier molecular flexibility index (Phi) is 6.07. The molecule has 2 aromatic carbocycles. The van der Waals surface area contributed by atoms with E-state index in [4.69, 9.17) is 14.2 Å². The molecule has 0 unspecified atom stereocenters. The van der Waals surface area contributed by atoms with E-state index in [2.05, 4.69) is 13.8 Å². The summed E-state index contributed by atoms with van der Waals surface area (Å²) in [4.78, 5) is 11.3. The standard InChI is InChI=1S/C19H22O5/c1-13(2)14-7-9-15(10-8-14)23-11-12-24-18-16(19(20)21)5-4-6-17(18)22-3/h4-10,13H,11-12H2,1-3H3,(H,20,21). The summed E-state index contributed by atoms with van der Waals surface area (Å²) in [5.74, 6) is 0.764. The molecule has 0 fully saturated rings. The van der Waals surface area contributed by atoms with Crippen molar-refractivity contribution < 1.29 is 24.1 Å². The lowest BCUT2D eigenvalue weighted by Gasteiger charge is -2.14. The molecule has 0 aliphatic heterocycles. The Morgan fingerprint density at radius 3 is 2.29 bits per heavy atom. The van der Waals surface area contributed by atoms with E-state index in [-0.39, 0.29) is 17.9 Å². The van der Waals surface area contributed by atoms with Gasteiger partial charge >= 0.3 is 5.97 Å². The van der Waals surface area contributed by atoms with E-state index >= 15 is 0 Å². The monoisotopic (exact) mass is 330 g/mol. The molecule has 0 spiro atoms. The molecule has 0 atom stereocenters. The lowest BCUT2D eigenvalue weighted by Crippen LogP contribution is -2.12. The molecule has 0 saturated carbocycles. The zero-order valence-corrected chi connectivity index (χ0v) is 14.1. The second-order valence-electron chi connectivity index (χ2n) is 5.56. The van der Waals surface area contributed by atoms with Gasteiger partial charge in [-0.25, -0.2) is 4.79 Å². The van der Waals surface area contributed by atoms with Crippen molar-refractivity contribution in [1.29, 1.82) is 0 Å². The minimum atomic E-state index is -1.06. The first kappa shape index (κ1) is 17.7. The lowest BCUT2D eigenvalue weighted by molar-refractivity contribution is 0.0690. The van der Waals surface area contributed by atoms with Crippen LogP contribution in [0, 0.1) is 0 Å². The minimum Gasteiger partial charge on any atom is -0.493 e. The van der Waals surface area contributed by atoms with Crippen LogP contribution in [0.25, 0.3) is 0 Å². The Morgan fingerprint density at radius 1 is 1.04 bits per heavy atom. The van der Waals surface area contributed by atoms with Gasteiger partial charge in [0, 0.05) is 0 Å². The van der Waals surface area contributed by atoms with Crippen LogP contribution in [0.15, 0.2) is 42.5 Å². The van der Waals surface area contributed by atoms with Crippen molar-refractivity contribution in [2.75, 3.05) is 20.3 Å². The van der Waals surface area contributed by atoms with E-state index in [1.165, 1.54) is 18.7 Å². The number of ether oxygens (including phenoxy) is 3. The Bertz CT molecular complexity index is 677. The Morgan fingerprint density at radius 2 is 1.71 bits per heavy atom. The quantitative estimate of drug-likeness (QED) is 0.742. The van der Waals surface area contributed by atoms with Crippen molar-refractivity contribution in [2.45, 2.75) is 19.8 Å². The SMILES string of the molecule is COc1cccc(C(=O)O)c1OCCOc1ccc(C(C)C)cc1. The predicted molar refractivity (Wildman–Crippen MR) is 91.5 cm³/mol. The fourth-order valence-electron chi connectivity index (χ4n) is 2.25. The second-order valence-corrected chi connectivity index (χ2v) is 5.56. The normalized spacial score (nSPS) is 10.5. The van der Waals surface area contributed by atoms with Gasteiger partial charge in [-0.15, -0.1) is 0 Å². The van der Waals surface area contributed by atoms with Crippen molar-refractivity contribution in [3.05, 3.63) is 53.6 Å². The van der Waals surface area contributed by atoms with Gasteiger partial charge in [-0.2, -0.15) is 0 Å². The smallest absolute Gasteiger partial charge is 0.339 e. The van der Waals surface area contributed by atoms with Crippen LogP contribution in [0.5, 0.6) is 17.2 Å². The Balaban J connectivity index is 1.93. The van der Waals surface area contributed by atoms with Gasteiger partial charge in [-0.3, -0.25) is 0 Å². The molecule has 2 aromatic rings. The molecule has 2 rings (SSSR count). The fraction of sp³-hybridized carbons (Fsp3) is 0.316. The van der Waals surface area contributed by atoms with Gasteiger partial charge in [-0.05, 0) is 35.7 Å². The van der Waals surface area contributed by atoms with Crippen LogP contribution < -0.4 is 14.2 Å². The van der Waals surface area contributed by atoms with Crippen LogP contribution in [0.2, 0.25) is 0 Å². The summed E-state index contributed by atoms with van der Waals surface area (Å²) in [6.45, 7) is 4.79. The first-order valence-electron chi connectivity index (χ1n) is 7.78. The highest BCUT2D eigenvalue weighted by atomic mass is 16.5. The van der Waals surface area contributed by atoms with Crippen LogP contribution in [0.4, 0.5) is 0 Å². The van der Waals surface area contributed by atoms with Crippen LogP contribution >= 0.6 is 0 Å². The molecule has 5 nitrogen and oxygen atoms in total. The highest BCUT2D eigenvalue weighted by Gasteiger charge is 2.16. The summed E-state index contributed by atoms with van der Waals surface area (Å²) in [7, 11) is 1.47. The van der Waals surface area contributed by atoms with Crippen molar-refractivity contribution >= 4 is 5.97 Å². The van der Waals surface area contributed by atoms with Gasteiger partial charge in [0.25, 0.3) is 0 Å². The molecule has 0 saturated heterocycles. The second kappa shape index (κ2) is 8.24. The third-order valence-electron chi connectivity index (χ3n) is 3.57. The van der Waals surface area contributed by atoms with E-state index in [9.17, 15) is 9.90 Å². The number of hydrogen-bond acceptors (Lipinski definition) is 4. The average molecular weight is 330 g/mol. The van der Waals surface area contributed by atoms with Gasteiger partial charge in [-0.1, -0.05) is 32.0 Å². The van der Waals surface area contributed by atoms with Crippen molar-refractivity contribution in [1.82, 2.24) is 0 Å². The van der Waals surface area contributed by atoms with Crippen LogP contribution in [0.3, 0.4) is 0 Å². The van der Waals surface area contributed by atoms with E-state index in [0.29, 0.717) is 18.3 Å². The lowest BCUT2D eigenvalue weighted by atomic mass is 10.0. The Labute approximate surface area is 141 Å². The van der Waals surface area contributed by atoms with Gasteiger partial charge in [0.1, 0.15) is 24.5 Å². The third kappa shape index (κ3) is 4.41. The molecule has 0 aromatic heterocycles. The maximum atomic E-state index is 11.3. The molecular weight excluding hydrogens is 308 g/mol. The maximum Gasteiger partial charge on any atom is 0.339 e. The van der Waals surface area contributed by atoms with Crippen LogP contribution in [0.1, 0.15) is 35.7 Å². The fourth-order valence-corrected chi connectivity index (χ4v) is 2.25. The van der Waals surface area contributed by atoms with Gasteiger partial charge in [0.15, 0.2) is 11.5 Å². The van der Waals surface area contributed by atoms with Gasteiger partial charge < -0.3 is 19.3 Å². The highest BCUT2D eigenvalue weighted by molar-refractivity contribution is 5.92. The number of para-hydroxylation sites is 1. The molecule has 0 aliphatic carbocycles. The first-order chi connectivity index (χ1) is 11.5. The number of benzene rings is 2. The third-order valence-corrected chi connectivity index (χ3v) is 3.57. The minimum absolute atomic E-state index is 0.0654. The maximum absolute atomic E-state index is 11.3. The number of carboxylic acids is 1. The summed E-state index contributed by atoms with van der Waals surface area (Å²) in [6.07, 6.45) is 0. The molecule has 5 heteroatoms. The van der Waals surface area contributed by atoms with E-state index < -0.39 is 5.97 Å². The first-order valence-corrected chi connectivity index (χ1v) is 7.78. The predicted octanol–water partition coefficient (Wildman–Crippen LogP) is 3.97. The molecule has 1 N–H and O–H groups in total. The molecule has 0 aliphatic rings. The highest BCUT2D eigenvalue weighted by Crippen LogP contribution is 2.31. The molecule has 0 heterocycles. The summed E-state index contributed by atoms with van der Waals surface area (Å²) < 4.78 is 16.4. The molecule has 128 valence electrons. The summed E-state index contributed by atoms with van der Waals surface area (Å²) >= 11 is 0. The zero-order chi connectivity index (χ0) is 17.5. The molecular formula is C19H22O5. The van der Waals surface area contributed by atoms with Gasteiger partial charge in [0.05, 0.1) is 7.11 Å². The molecule has 24 heavy (non-hydrogen) atoms. The van der Waals surface area contributed by atoms with E-state index in [0.717, 1.165) is 5.75 Å². The van der Waals surface area contributed by atoms with Crippen molar-refractivity contribution in [3.8, 4) is 17.2 Å². The number of methoxy groups -OCH3 is 1.